The average molecular weight is 273 g/mol. The topological polar surface area (TPSA) is 21.3 Å². The molecule has 19 heavy (non-hydrogen) atoms. The third kappa shape index (κ3) is 3.37. The molecular formula is C16H19NOS. The van der Waals surface area contributed by atoms with Gasteiger partial charge in [0.1, 0.15) is 5.75 Å². The van der Waals surface area contributed by atoms with Gasteiger partial charge in [-0.3, -0.25) is 0 Å². The van der Waals surface area contributed by atoms with E-state index in [9.17, 15) is 0 Å². The van der Waals surface area contributed by atoms with Crippen LogP contribution in [0.5, 0.6) is 5.75 Å². The summed E-state index contributed by atoms with van der Waals surface area (Å²) < 4.78 is 5.52. The molecule has 0 fully saturated rings. The van der Waals surface area contributed by atoms with Crippen molar-refractivity contribution in [2.75, 3.05) is 19.7 Å². The highest BCUT2D eigenvalue weighted by atomic mass is 32.1. The molecule has 2 aromatic rings. The lowest BCUT2D eigenvalue weighted by Crippen LogP contribution is -2.19. The zero-order valence-corrected chi connectivity index (χ0v) is 11.8. The van der Waals surface area contributed by atoms with Crippen molar-refractivity contribution < 1.29 is 4.74 Å². The molecule has 3 rings (SSSR count). The highest BCUT2D eigenvalue weighted by Crippen LogP contribution is 2.25. The minimum Gasteiger partial charge on any atom is -0.493 e. The second kappa shape index (κ2) is 6.22. The summed E-state index contributed by atoms with van der Waals surface area (Å²) in [6, 6.07) is 10.9. The molecule has 100 valence electrons. The molecule has 2 heterocycles. The number of rotatable bonds is 6. The van der Waals surface area contributed by atoms with Crippen LogP contribution in [-0.4, -0.2) is 19.7 Å². The zero-order chi connectivity index (χ0) is 12.9. The quantitative estimate of drug-likeness (QED) is 0.817. The highest BCUT2D eigenvalue weighted by molar-refractivity contribution is 7.09. The molecule has 0 amide bonds. The molecule has 0 aliphatic carbocycles. The second-order valence-electron chi connectivity index (χ2n) is 4.87. The Labute approximate surface area is 118 Å². The fraction of sp³-hybridized carbons (Fsp3) is 0.375. The van der Waals surface area contributed by atoms with E-state index in [0.29, 0.717) is 0 Å². The maximum atomic E-state index is 5.52. The van der Waals surface area contributed by atoms with Crippen molar-refractivity contribution in [2.24, 2.45) is 0 Å². The zero-order valence-electron chi connectivity index (χ0n) is 11.0. The van der Waals surface area contributed by atoms with Gasteiger partial charge in [-0.2, -0.15) is 0 Å². The van der Waals surface area contributed by atoms with Gasteiger partial charge in [0.15, 0.2) is 0 Å². The predicted octanol–water partition coefficient (Wildman–Crippen LogP) is 3.06. The van der Waals surface area contributed by atoms with Crippen molar-refractivity contribution >= 4 is 11.3 Å². The van der Waals surface area contributed by atoms with Crippen LogP contribution in [0.15, 0.2) is 35.7 Å². The first-order valence-corrected chi connectivity index (χ1v) is 7.77. The van der Waals surface area contributed by atoms with Crippen molar-refractivity contribution in [3.8, 4) is 5.75 Å². The van der Waals surface area contributed by atoms with Gasteiger partial charge in [0.25, 0.3) is 0 Å². The van der Waals surface area contributed by atoms with Gasteiger partial charge in [-0.05, 0) is 54.6 Å². The van der Waals surface area contributed by atoms with Crippen LogP contribution in [0.4, 0.5) is 0 Å². The molecule has 0 radical (unpaired) electrons. The van der Waals surface area contributed by atoms with Crippen molar-refractivity contribution in [2.45, 2.75) is 19.3 Å². The molecule has 1 aliphatic rings. The van der Waals surface area contributed by atoms with Crippen molar-refractivity contribution in [3.05, 3.63) is 51.7 Å². The van der Waals surface area contributed by atoms with E-state index in [2.05, 4.69) is 41.0 Å². The molecule has 1 aromatic heterocycles. The maximum Gasteiger partial charge on any atom is 0.122 e. The van der Waals surface area contributed by atoms with Crippen LogP contribution in [0, 0.1) is 0 Å². The molecule has 0 spiro atoms. The van der Waals surface area contributed by atoms with E-state index in [1.165, 1.54) is 16.0 Å². The molecule has 2 nitrogen and oxygen atoms in total. The lowest BCUT2D eigenvalue weighted by molar-refractivity contribution is 0.357. The Kier molecular flexibility index (Phi) is 4.16. The number of fused-ring (bicyclic) bond motifs is 1. The molecule has 0 saturated heterocycles. The standard InChI is InChI=1S/C16H19NOS/c1-2-15(19-11-1)6-9-17-8-5-13-3-4-16-14(12-13)7-10-18-16/h1-4,11-12,17H,5-10H2. The fourth-order valence-electron chi connectivity index (χ4n) is 2.42. The number of thiophene rings is 1. The van der Waals surface area contributed by atoms with Gasteiger partial charge >= 0.3 is 0 Å². The molecule has 0 unspecified atom stereocenters. The lowest BCUT2D eigenvalue weighted by Gasteiger charge is -2.06. The van der Waals surface area contributed by atoms with Crippen LogP contribution >= 0.6 is 11.3 Å². The number of hydrogen-bond acceptors (Lipinski definition) is 3. The Bertz CT molecular complexity index is 522. The second-order valence-corrected chi connectivity index (χ2v) is 5.90. The predicted molar refractivity (Wildman–Crippen MR) is 80.2 cm³/mol. The van der Waals surface area contributed by atoms with Gasteiger partial charge in [0, 0.05) is 11.3 Å². The van der Waals surface area contributed by atoms with E-state index in [1.54, 1.807) is 0 Å². The van der Waals surface area contributed by atoms with Gasteiger partial charge in [-0.15, -0.1) is 11.3 Å². The summed E-state index contributed by atoms with van der Waals surface area (Å²) in [6.07, 6.45) is 3.29. The smallest absolute Gasteiger partial charge is 0.122 e. The van der Waals surface area contributed by atoms with E-state index >= 15 is 0 Å². The van der Waals surface area contributed by atoms with Crippen LogP contribution in [-0.2, 0) is 19.3 Å². The minimum absolute atomic E-state index is 0.845. The van der Waals surface area contributed by atoms with Crippen molar-refractivity contribution in [1.29, 1.82) is 0 Å². The summed E-state index contributed by atoms with van der Waals surface area (Å²) in [6.45, 7) is 2.96. The summed E-state index contributed by atoms with van der Waals surface area (Å²) in [5, 5.41) is 5.66. The van der Waals surface area contributed by atoms with Gasteiger partial charge in [0.05, 0.1) is 6.61 Å². The van der Waals surface area contributed by atoms with Gasteiger partial charge in [0.2, 0.25) is 0 Å². The summed E-state index contributed by atoms with van der Waals surface area (Å²) in [4.78, 5) is 1.46. The van der Waals surface area contributed by atoms with E-state index in [1.807, 2.05) is 11.3 Å². The molecule has 3 heteroatoms. The van der Waals surface area contributed by atoms with Gasteiger partial charge < -0.3 is 10.1 Å². The number of nitrogens with one attached hydrogen (secondary N) is 1. The SMILES string of the molecule is c1csc(CCNCCc2ccc3c(c2)CCO3)c1. The fourth-order valence-corrected chi connectivity index (χ4v) is 3.13. The lowest BCUT2D eigenvalue weighted by atomic mass is 10.1. The molecular weight excluding hydrogens is 254 g/mol. The van der Waals surface area contributed by atoms with Crippen LogP contribution in [0.25, 0.3) is 0 Å². The van der Waals surface area contributed by atoms with Crippen LogP contribution in [0.1, 0.15) is 16.0 Å². The first-order valence-electron chi connectivity index (χ1n) is 6.89. The van der Waals surface area contributed by atoms with Crippen LogP contribution in [0.2, 0.25) is 0 Å². The van der Waals surface area contributed by atoms with Crippen LogP contribution < -0.4 is 10.1 Å². The Morgan fingerprint density at radius 1 is 1.16 bits per heavy atom. The van der Waals surface area contributed by atoms with E-state index in [0.717, 1.165) is 44.7 Å². The van der Waals surface area contributed by atoms with E-state index in [4.69, 9.17) is 4.74 Å². The first kappa shape index (κ1) is 12.7. The maximum absolute atomic E-state index is 5.52. The largest absolute Gasteiger partial charge is 0.493 e. The van der Waals surface area contributed by atoms with E-state index in [-0.39, 0.29) is 0 Å². The third-order valence-electron chi connectivity index (χ3n) is 3.47. The highest BCUT2D eigenvalue weighted by Gasteiger charge is 2.11. The minimum atomic E-state index is 0.845. The van der Waals surface area contributed by atoms with Gasteiger partial charge in [-0.25, -0.2) is 0 Å². The summed E-state index contributed by atoms with van der Waals surface area (Å²) >= 11 is 1.84. The monoisotopic (exact) mass is 273 g/mol. The number of benzene rings is 1. The molecule has 1 aromatic carbocycles. The summed E-state index contributed by atoms with van der Waals surface area (Å²) in [5.74, 6) is 1.08. The molecule has 0 saturated carbocycles. The third-order valence-corrected chi connectivity index (χ3v) is 4.41. The van der Waals surface area contributed by atoms with Crippen molar-refractivity contribution in [3.63, 3.8) is 0 Å². The Balaban J connectivity index is 1.40. The number of hydrogen-bond donors (Lipinski definition) is 1. The Hall–Kier alpha value is -1.32. The number of ether oxygens (including phenoxy) is 1. The molecule has 0 atom stereocenters. The Morgan fingerprint density at radius 3 is 3.00 bits per heavy atom. The molecule has 1 N–H and O–H groups in total. The van der Waals surface area contributed by atoms with Crippen LogP contribution in [0.3, 0.4) is 0 Å². The Morgan fingerprint density at radius 2 is 2.11 bits per heavy atom. The summed E-state index contributed by atoms with van der Waals surface area (Å²) in [7, 11) is 0. The first-order chi connectivity index (χ1) is 9.42. The average Bonchev–Trinajstić information content (AvgIpc) is 3.08. The molecule has 0 bridgehead atoms. The molecule has 1 aliphatic heterocycles. The van der Waals surface area contributed by atoms with Gasteiger partial charge in [-0.1, -0.05) is 18.2 Å². The summed E-state index contributed by atoms with van der Waals surface area (Å²) in [5.41, 5.74) is 2.78. The van der Waals surface area contributed by atoms with E-state index < -0.39 is 0 Å². The van der Waals surface area contributed by atoms with Crippen molar-refractivity contribution in [1.82, 2.24) is 5.32 Å². The normalized spacial score (nSPS) is 13.3.